The van der Waals surface area contributed by atoms with Crippen molar-refractivity contribution in [3.8, 4) is 0 Å². The Bertz CT molecular complexity index is 515. The second-order valence-electron chi connectivity index (χ2n) is 5.52. The lowest BCUT2D eigenvalue weighted by Gasteiger charge is -2.17. The first-order chi connectivity index (χ1) is 9.25. The minimum Gasteiger partial charge on any atom is -0.336 e. The van der Waals surface area contributed by atoms with Crippen LogP contribution in [0.15, 0.2) is 18.2 Å². The normalized spacial score (nSPS) is 18.2. The predicted molar refractivity (Wildman–Crippen MR) is 73.2 cm³/mol. The van der Waals surface area contributed by atoms with Gasteiger partial charge in [0.05, 0.1) is 0 Å². The lowest BCUT2D eigenvalue weighted by Crippen LogP contribution is -2.34. The summed E-state index contributed by atoms with van der Waals surface area (Å²) in [6, 6.07) is 5.78. The quantitative estimate of drug-likeness (QED) is 0.602. The molecule has 0 spiro atoms. The van der Waals surface area contributed by atoms with Gasteiger partial charge < -0.3 is 4.90 Å². The zero-order valence-corrected chi connectivity index (χ0v) is 11.2. The van der Waals surface area contributed by atoms with E-state index >= 15 is 0 Å². The number of hydrogen-bond acceptors (Lipinski definition) is 2. The number of ketones is 1. The first-order valence-electron chi connectivity index (χ1n) is 7.21. The van der Waals surface area contributed by atoms with Crippen molar-refractivity contribution in [2.24, 2.45) is 0 Å². The lowest BCUT2D eigenvalue weighted by atomic mass is 9.89. The standard InChI is InChI=1S/C16H19NO2/c18-15(16(19)17-9-3-4-10-17)14-8-7-12-5-1-2-6-13(12)11-14/h7-8,11H,1-6,9-10H2. The maximum Gasteiger partial charge on any atom is 0.294 e. The third-order valence-electron chi connectivity index (χ3n) is 4.20. The summed E-state index contributed by atoms with van der Waals surface area (Å²) in [6.07, 6.45) is 6.59. The van der Waals surface area contributed by atoms with Crippen LogP contribution in [0.1, 0.15) is 47.2 Å². The molecule has 1 aliphatic heterocycles. The minimum absolute atomic E-state index is 0.326. The maximum atomic E-state index is 12.2. The molecule has 3 rings (SSSR count). The van der Waals surface area contributed by atoms with E-state index < -0.39 is 0 Å². The number of likely N-dealkylation sites (tertiary alicyclic amines) is 1. The zero-order chi connectivity index (χ0) is 13.2. The molecule has 0 unspecified atom stereocenters. The number of hydrogen-bond donors (Lipinski definition) is 0. The molecule has 0 bridgehead atoms. The second kappa shape index (κ2) is 5.16. The van der Waals surface area contributed by atoms with Gasteiger partial charge in [-0.05, 0) is 55.7 Å². The molecule has 2 aliphatic rings. The number of rotatable bonds is 2. The molecule has 1 fully saturated rings. The lowest BCUT2D eigenvalue weighted by molar-refractivity contribution is -0.125. The molecule has 1 amide bonds. The Morgan fingerprint density at radius 3 is 2.32 bits per heavy atom. The van der Waals surface area contributed by atoms with Gasteiger partial charge in [0.1, 0.15) is 0 Å². The zero-order valence-electron chi connectivity index (χ0n) is 11.2. The van der Waals surface area contributed by atoms with Crippen molar-refractivity contribution in [3.63, 3.8) is 0 Å². The molecular weight excluding hydrogens is 238 g/mol. The molecule has 0 radical (unpaired) electrons. The molecule has 0 atom stereocenters. The first kappa shape index (κ1) is 12.4. The largest absolute Gasteiger partial charge is 0.336 e. The van der Waals surface area contributed by atoms with E-state index in [1.54, 1.807) is 4.90 Å². The fraction of sp³-hybridized carbons (Fsp3) is 0.500. The van der Waals surface area contributed by atoms with E-state index in [4.69, 9.17) is 0 Å². The van der Waals surface area contributed by atoms with Crippen molar-refractivity contribution in [1.29, 1.82) is 0 Å². The molecule has 3 nitrogen and oxygen atoms in total. The van der Waals surface area contributed by atoms with E-state index in [1.807, 2.05) is 18.2 Å². The summed E-state index contributed by atoms with van der Waals surface area (Å²) >= 11 is 0. The molecule has 0 aromatic heterocycles. The Morgan fingerprint density at radius 1 is 0.895 bits per heavy atom. The Hall–Kier alpha value is -1.64. The summed E-state index contributed by atoms with van der Waals surface area (Å²) in [7, 11) is 0. The van der Waals surface area contributed by atoms with Gasteiger partial charge in [-0.25, -0.2) is 0 Å². The Morgan fingerprint density at radius 2 is 1.58 bits per heavy atom. The number of Topliss-reactive ketones (excluding diaryl/α,β-unsaturated/α-hetero) is 1. The van der Waals surface area contributed by atoms with Crippen molar-refractivity contribution >= 4 is 11.7 Å². The van der Waals surface area contributed by atoms with E-state index in [1.165, 1.54) is 24.0 Å². The second-order valence-corrected chi connectivity index (χ2v) is 5.52. The predicted octanol–water partition coefficient (Wildman–Crippen LogP) is 2.37. The van der Waals surface area contributed by atoms with Gasteiger partial charge in [0.15, 0.2) is 0 Å². The summed E-state index contributed by atoms with van der Waals surface area (Å²) in [4.78, 5) is 26.0. The highest BCUT2D eigenvalue weighted by Crippen LogP contribution is 2.23. The molecular formula is C16H19NO2. The van der Waals surface area contributed by atoms with Crippen LogP contribution in [0, 0.1) is 0 Å². The van der Waals surface area contributed by atoms with Gasteiger partial charge in [0.25, 0.3) is 5.91 Å². The number of carbonyl (C=O) groups is 2. The van der Waals surface area contributed by atoms with Crippen molar-refractivity contribution in [1.82, 2.24) is 4.90 Å². The Labute approximate surface area is 113 Å². The van der Waals surface area contributed by atoms with E-state index in [2.05, 4.69) is 0 Å². The Balaban J connectivity index is 1.81. The molecule has 1 heterocycles. The van der Waals surface area contributed by atoms with Gasteiger partial charge >= 0.3 is 0 Å². The number of aryl methyl sites for hydroxylation is 2. The SMILES string of the molecule is O=C(C(=O)N1CCCC1)c1ccc2c(c1)CCCC2. The van der Waals surface area contributed by atoms with Gasteiger partial charge in [-0.1, -0.05) is 12.1 Å². The number of nitrogens with zero attached hydrogens (tertiary/aromatic N) is 1. The number of benzene rings is 1. The highest BCUT2D eigenvalue weighted by Gasteiger charge is 2.26. The highest BCUT2D eigenvalue weighted by molar-refractivity contribution is 6.42. The van der Waals surface area contributed by atoms with E-state index in [9.17, 15) is 9.59 Å². The van der Waals surface area contributed by atoms with Crippen LogP contribution < -0.4 is 0 Å². The van der Waals surface area contributed by atoms with Crippen molar-refractivity contribution in [2.75, 3.05) is 13.1 Å². The topological polar surface area (TPSA) is 37.4 Å². The molecule has 0 N–H and O–H groups in total. The summed E-state index contributed by atoms with van der Waals surface area (Å²) in [5.74, 6) is -0.663. The van der Waals surface area contributed by atoms with Crippen LogP contribution in [-0.2, 0) is 17.6 Å². The van der Waals surface area contributed by atoms with Crippen LogP contribution in [-0.4, -0.2) is 29.7 Å². The fourth-order valence-corrected chi connectivity index (χ4v) is 3.06. The summed E-state index contributed by atoms with van der Waals surface area (Å²) in [5, 5.41) is 0. The minimum atomic E-state index is -0.338. The van der Waals surface area contributed by atoms with Gasteiger partial charge in [0.2, 0.25) is 5.78 Å². The number of fused-ring (bicyclic) bond motifs is 1. The van der Waals surface area contributed by atoms with Gasteiger partial charge in [-0.2, -0.15) is 0 Å². The average molecular weight is 257 g/mol. The van der Waals surface area contributed by atoms with Crippen LogP contribution >= 0.6 is 0 Å². The smallest absolute Gasteiger partial charge is 0.294 e. The third-order valence-corrected chi connectivity index (χ3v) is 4.20. The van der Waals surface area contributed by atoms with Crippen molar-refractivity contribution in [2.45, 2.75) is 38.5 Å². The van der Waals surface area contributed by atoms with Crippen LogP contribution in [0.25, 0.3) is 0 Å². The van der Waals surface area contributed by atoms with Gasteiger partial charge in [-0.15, -0.1) is 0 Å². The fourth-order valence-electron chi connectivity index (χ4n) is 3.06. The molecule has 19 heavy (non-hydrogen) atoms. The van der Waals surface area contributed by atoms with Gasteiger partial charge in [0, 0.05) is 18.7 Å². The molecule has 1 saturated heterocycles. The van der Waals surface area contributed by atoms with Crippen LogP contribution in [0.2, 0.25) is 0 Å². The first-order valence-corrected chi connectivity index (χ1v) is 7.21. The molecule has 1 aliphatic carbocycles. The third kappa shape index (κ3) is 2.42. The molecule has 1 aromatic rings. The Kier molecular flexibility index (Phi) is 3.36. The van der Waals surface area contributed by atoms with E-state index in [0.717, 1.165) is 38.8 Å². The number of amides is 1. The van der Waals surface area contributed by atoms with Gasteiger partial charge in [-0.3, -0.25) is 9.59 Å². The summed E-state index contributed by atoms with van der Waals surface area (Å²) < 4.78 is 0. The summed E-state index contributed by atoms with van der Waals surface area (Å²) in [6.45, 7) is 1.46. The van der Waals surface area contributed by atoms with Crippen molar-refractivity contribution < 1.29 is 9.59 Å². The molecule has 1 aromatic carbocycles. The summed E-state index contributed by atoms with van der Waals surface area (Å²) in [5.41, 5.74) is 3.17. The molecule has 0 saturated carbocycles. The average Bonchev–Trinajstić information content (AvgIpc) is 2.99. The molecule has 100 valence electrons. The van der Waals surface area contributed by atoms with E-state index in [-0.39, 0.29) is 11.7 Å². The monoisotopic (exact) mass is 257 g/mol. The highest BCUT2D eigenvalue weighted by atomic mass is 16.2. The van der Waals surface area contributed by atoms with Crippen molar-refractivity contribution in [3.05, 3.63) is 34.9 Å². The maximum absolute atomic E-state index is 12.2. The van der Waals surface area contributed by atoms with E-state index in [0.29, 0.717) is 5.56 Å². The van der Waals surface area contributed by atoms with Crippen LogP contribution in [0.5, 0.6) is 0 Å². The molecule has 3 heteroatoms. The number of carbonyl (C=O) groups excluding carboxylic acids is 2. The van der Waals surface area contributed by atoms with Crippen LogP contribution in [0.3, 0.4) is 0 Å². The van der Waals surface area contributed by atoms with Crippen LogP contribution in [0.4, 0.5) is 0 Å².